The second-order valence-corrected chi connectivity index (χ2v) is 5.10. The molecule has 6 nitrogen and oxygen atoms in total. The average Bonchev–Trinajstić information content (AvgIpc) is 2.49. The second-order valence-electron chi connectivity index (χ2n) is 4.69. The van der Waals surface area contributed by atoms with E-state index >= 15 is 0 Å². The topological polar surface area (TPSA) is 109 Å². The summed E-state index contributed by atoms with van der Waals surface area (Å²) >= 11 is 5.95. The van der Waals surface area contributed by atoms with Gasteiger partial charge in [0.2, 0.25) is 5.91 Å². The number of carbonyl (C=O) groups excluding carboxylic acids is 3. The number of rotatable bonds is 5. The van der Waals surface area contributed by atoms with E-state index in [9.17, 15) is 24.6 Å². The summed E-state index contributed by atoms with van der Waals surface area (Å²) < 4.78 is 0. The zero-order valence-electron chi connectivity index (χ0n) is 11.7. The molecule has 0 aliphatic carbocycles. The fourth-order valence-corrected chi connectivity index (χ4v) is 2.16. The molecule has 23 heavy (non-hydrogen) atoms. The molecule has 0 aliphatic heterocycles. The summed E-state index contributed by atoms with van der Waals surface area (Å²) in [5, 5.41) is 24.6. The van der Waals surface area contributed by atoms with Crippen molar-refractivity contribution < 1.29 is 24.6 Å². The summed E-state index contributed by atoms with van der Waals surface area (Å²) in [6, 6.07) is 9.85. The van der Waals surface area contributed by atoms with Crippen LogP contribution in [0.3, 0.4) is 0 Å². The minimum absolute atomic E-state index is 0.0166. The number of hydrogen-bond donors (Lipinski definition) is 1. The third-order valence-corrected chi connectivity index (χ3v) is 3.37. The highest BCUT2D eigenvalue weighted by atomic mass is 35.5. The van der Waals surface area contributed by atoms with Gasteiger partial charge in [0.15, 0.2) is 0 Å². The minimum atomic E-state index is -1.56. The van der Waals surface area contributed by atoms with Gasteiger partial charge in [0.05, 0.1) is 18.4 Å². The van der Waals surface area contributed by atoms with E-state index in [0.717, 1.165) is 18.2 Å². The first-order chi connectivity index (χ1) is 10.9. The van der Waals surface area contributed by atoms with Gasteiger partial charge in [0.25, 0.3) is 0 Å². The van der Waals surface area contributed by atoms with Gasteiger partial charge in [0.1, 0.15) is 0 Å². The molecule has 118 valence electrons. The number of anilines is 1. The number of carboxylic acids is 2. The molecule has 0 radical (unpaired) electrons. The lowest BCUT2D eigenvalue weighted by Crippen LogP contribution is -2.26. The van der Waals surface area contributed by atoms with Crippen LogP contribution in [0.25, 0.3) is 0 Å². The Morgan fingerprint density at radius 3 is 2.04 bits per heavy atom. The Kier molecular flexibility index (Phi) is 4.98. The predicted octanol–water partition coefficient (Wildman–Crippen LogP) is 0.248. The number of hydrogen-bond acceptors (Lipinski definition) is 5. The monoisotopic (exact) mass is 331 g/mol. The highest BCUT2D eigenvalue weighted by molar-refractivity contribution is 6.31. The third kappa shape index (κ3) is 4.31. The first-order valence-electron chi connectivity index (χ1n) is 6.48. The van der Waals surface area contributed by atoms with E-state index in [1.807, 2.05) is 0 Å². The number of aromatic carboxylic acids is 2. The average molecular weight is 332 g/mol. The molecule has 1 amide bonds. The van der Waals surface area contributed by atoms with Crippen molar-refractivity contribution in [2.45, 2.75) is 6.42 Å². The summed E-state index contributed by atoms with van der Waals surface area (Å²) in [6.45, 7) is 0. The summed E-state index contributed by atoms with van der Waals surface area (Å²) in [6.07, 6.45) is -0.0458. The van der Waals surface area contributed by atoms with E-state index in [4.69, 9.17) is 11.6 Å². The van der Waals surface area contributed by atoms with Crippen molar-refractivity contribution in [3.05, 3.63) is 64.2 Å². The van der Waals surface area contributed by atoms with Crippen molar-refractivity contribution in [1.82, 2.24) is 0 Å². The Morgan fingerprint density at radius 2 is 1.52 bits per heavy atom. The largest absolute Gasteiger partial charge is 0.545 e. The van der Waals surface area contributed by atoms with E-state index in [2.05, 4.69) is 5.32 Å². The summed E-state index contributed by atoms with van der Waals surface area (Å²) in [7, 11) is 0. The molecule has 2 rings (SSSR count). The Morgan fingerprint density at radius 1 is 0.957 bits per heavy atom. The molecular formula is C16H10ClNO5-2. The van der Waals surface area contributed by atoms with Gasteiger partial charge in [-0.3, -0.25) is 4.79 Å². The van der Waals surface area contributed by atoms with Crippen molar-refractivity contribution in [1.29, 1.82) is 0 Å². The summed E-state index contributed by atoms with van der Waals surface area (Å²) in [4.78, 5) is 33.8. The number of nitrogens with one attached hydrogen (secondary N) is 1. The van der Waals surface area contributed by atoms with E-state index < -0.39 is 17.8 Å². The zero-order valence-corrected chi connectivity index (χ0v) is 12.4. The van der Waals surface area contributed by atoms with Crippen molar-refractivity contribution in [2.24, 2.45) is 0 Å². The molecule has 0 saturated carbocycles. The molecule has 0 fully saturated rings. The first-order valence-corrected chi connectivity index (χ1v) is 6.85. The van der Waals surface area contributed by atoms with Gasteiger partial charge in [-0.25, -0.2) is 0 Å². The van der Waals surface area contributed by atoms with Crippen LogP contribution in [0, 0.1) is 0 Å². The quantitative estimate of drug-likeness (QED) is 0.844. The predicted molar refractivity (Wildman–Crippen MR) is 78.9 cm³/mol. The SMILES string of the molecule is O=C(Cc1ccccc1Cl)Nc1cc(C(=O)[O-])cc(C(=O)[O-])c1. The maximum absolute atomic E-state index is 12.0. The van der Waals surface area contributed by atoms with Gasteiger partial charge < -0.3 is 25.1 Å². The van der Waals surface area contributed by atoms with Crippen LogP contribution < -0.4 is 15.5 Å². The van der Waals surface area contributed by atoms with Gasteiger partial charge in [0, 0.05) is 10.7 Å². The Labute approximate surface area is 136 Å². The van der Waals surface area contributed by atoms with Gasteiger partial charge >= 0.3 is 0 Å². The van der Waals surface area contributed by atoms with Gasteiger partial charge in [-0.15, -0.1) is 0 Å². The van der Waals surface area contributed by atoms with Crippen LogP contribution in [0.15, 0.2) is 42.5 Å². The Balaban J connectivity index is 2.22. The molecular weight excluding hydrogens is 322 g/mol. The molecule has 0 saturated heterocycles. The lowest BCUT2D eigenvalue weighted by Gasteiger charge is -2.12. The lowest BCUT2D eigenvalue weighted by molar-refractivity contribution is -0.255. The molecule has 2 aromatic rings. The number of halogens is 1. The third-order valence-electron chi connectivity index (χ3n) is 3.00. The molecule has 0 unspecified atom stereocenters. The van der Waals surface area contributed by atoms with Gasteiger partial charge in [-0.05, 0) is 41.0 Å². The number of benzene rings is 2. The van der Waals surface area contributed by atoms with Crippen LogP contribution in [0.4, 0.5) is 5.69 Å². The van der Waals surface area contributed by atoms with Gasteiger partial charge in [-0.1, -0.05) is 29.8 Å². The molecule has 7 heteroatoms. The van der Waals surface area contributed by atoms with Crippen LogP contribution >= 0.6 is 11.6 Å². The van der Waals surface area contributed by atoms with Crippen LogP contribution in [0.1, 0.15) is 26.3 Å². The molecule has 0 bridgehead atoms. The summed E-state index contributed by atoms with van der Waals surface area (Å²) in [5.74, 6) is -3.60. The zero-order chi connectivity index (χ0) is 17.0. The smallest absolute Gasteiger partial charge is 0.228 e. The number of carboxylic acid groups (broad SMARTS) is 2. The van der Waals surface area contributed by atoms with Crippen molar-refractivity contribution in [2.75, 3.05) is 5.32 Å². The molecule has 0 aromatic heterocycles. The number of carbonyl (C=O) groups is 3. The normalized spacial score (nSPS) is 10.1. The van der Waals surface area contributed by atoms with Crippen LogP contribution in [-0.2, 0) is 11.2 Å². The lowest BCUT2D eigenvalue weighted by atomic mass is 10.1. The fourth-order valence-electron chi connectivity index (χ4n) is 1.96. The maximum Gasteiger partial charge on any atom is 0.228 e. The van der Waals surface area contributed by atoms with Crippen LogP contribution in [0.2, 0.25) is 5.02 Å². The van der Waals surface area contributed by atoms with E-state index in [0.29, 0.717) is 10.6 Å². The standard InChI is InChI=1S/C16H12ClNO5/c17-13-4-2-1-3-9(13)8-14(19)18-12-6-10(15(20)21)5-11(7-12)16(22)23/h1-7H,8H2,(H,18,19)(H,20,21)(H,22,23)/p-2. The van der Waals surface area contributed by atoms with Crippen molar-refractivity contribution in [3.63, 3.8) is 0 Å². The fraction of sp³-hybridized carbons (Fsp3) is 0.0625. The Bertz CT molecular complexity index is 756. The van der Waals surface area contributed by atoms with Crippen molar-refractivity contribution in [3.8, 4) is 0 Å². The highest BCUT2D eigenvalue weighted by Gasteiger charge is 2.09. The second kappa shape index (κ2) is 6.93. The first kappa shape index (κ1) is 16.5. The highest BCUT2D eigenvalue weighted by Crippen LogP contribution is 2.18. The van der Waals surface area contributed by atoms with Crippen LogP contribution in [0.5, 0.6) is 0 Å². The van der Waals surface area contributed by atoms with E-state index in [1.165, 1.54) is 0 Å². The van der Waals surface area contributed by atoms with Gasteiger partial charge in [-0.2, -0.15) is 0 Å². The minimum Gasteiger partial charge on any atom is -0.545 e. The maximum atomic E-state index is 12.0. The molecule has 0 spiro atoms. The number of amides is 1. The van der Waals surface area contributed by atoms with E-state index in [1.54, 1.807) is 24.3 Å². The van der Waals surface area contributed by atoms with Crippen LogP contribution in [-0.4, -0.2) is 17.8 Å². The molecule has 0 atom stereocenters. The molecule has 2 aromatic carbocycles. The van der Waals surface area contributed by atoms with Crippen molar-refractivity contribution >= 4 is 35.1 Å². The summed E-state index contributed by atoms with van der Waals surface area (Å²) in [5.41, 5.74) is -0.148. The van der Waals surface area contributed by atoms with E-state index in [-0.39, 0.29) is 23.2 Å². The Hall–Kier alpha value is -2.86. The molecule has 1 N–H and O–H groups in total. The molecule has 0 aliphatic rings. The molecule has 0 heterocycles.